The van der Waals surface area contributed by atoms with Gasteiger partial charge in [-0.2, -0.15) is 0 Å². The number of aromatic nitrogens is 1. The lowest BCUT2D eigenvalue weighted by Crippen LogP contribution is -2.40. The van der Waals surface area contributed by atoms with Crippen molar-refractivity contribution in [3.05, 3.63) is 52.4 Å². The van der Waals surface area contributed by atoms with E-state index < -0.39 is 6.04 Å². The fraction of sp³-hybridized carbons (Fsp3) is 0.350. The van der Waals surface area contributed by atoms with Gasteiger partial charge in [0, 0.05) is 35.3 Å². The van der Waals surface area contributed by atoms with Gasteiger partial charge in [0.1, 0.15) is 17.5 Å². The second kappa shape index (κ2) is 7.19. The molecule has 27 heavy (non-hydrogen) atoms. The molecule has 0 saturated heterocycles. The molecule has 2 heterocycles. The highest BCUT2D eigenvalue weighted by molar-refractivity contribution is 6.30. The molecule has 0 spiro atoms. The summed E-state index contributed by atoms with van der Waals surface area (Å²) in [6.45, 7) is 2.42. The Balaban J connectivity index is 1.49. The Morgan fingerprint density at radius 3 is 2.74 bits per heavy atom. The number of ketones is 1. The van der Waals surface area contributed by atoms with Crippen molar-refractivity contribution in [1.29, 1.82) is 0 Å². The highest BCUT2D eigenvalue weighted by atomic mass is 35.5. The zero-order valence-corrected chi connectivity index (χ0v) is 15.7. The van der Waals surface area contributed by atoms with Crippen molar-refractivity contribution in [3.63, 3.8) is 0 Å². The minimum absolute atomic E-state index is 0.0686. The number of amides is 1. The van der Waals surface area contributed by atoms with Crippen molar-refractivity contribution in [1.82, 2.24) is 15.8 Å². The number of Topliss-reactive ketones (excluding diaryl/α,β-unsaturated/α-hetero) is 1. The largest absolute Gasteiger partial charge is 0.379 e. The van der Waals surface area contributed by atoms with E-state index in [4.69, 9.17) is 16.1 Å². The number of hydrogen-bond donors (Lipinski definition) is 2. The highest BCUT2D eigenvalue weighted by Crippen LogP contribution is 2.30. The molecular formula is C20H20ClN3O3. The maximum Gasteiger partial charge on any atom is 0.242 e. The number of nitrogens with one attached hydrogen (secondary N) is 2. The molecule has 7 heteroatoms. The summed E-state index contributed by atoms with van der Waals surface area (Å²) in [5, 5.41) is 10.6. The summed E-state index contributed by atoms with van der Waals surface area (Å²) >= 11 is 5.94. The number of nitrogens with zero attached hydrogens (tertiary/aromatic N) is 1. The normalized spacial score (nSPS) is 18.7. The summed E-state index contributed by atoms with van der Waals surface area (Å²) in [5.41, 5.74) is 2.20. The molecule has 140 valence electrons. The summed E-state index contributed by atoms with van der Waals surface area (Å²) in [4.78, 5) is 25.3. The Morgan fingerprint density at radius 2 is 2.04 bits per heavy atom. The van der Waals surface area contributed by atoms with Gasteiger partial charge in [-0.05, 0) is 37.8 Å². The average molecular weight is 386 g/mol. The van der Waals surface area contributed by atoms with Gasteiger partial charge in [0.25, 0.3) is 0 Å². The number of aryl methyl sites for hydroxylation is 1. The Bertz CT molecular complexity index is 913. The Morgan fingerprint density at radius 1 is 1.30 bits per heavy atom. The molecule has 1 fully saturated rings. The smallest absolute Gasteiger partial charge is 0.242 e. The van der Waals surface area contributed by atoms with Crippen LogP contribution >= 0.6 is 11.6 Å². The van der Waals surface area contributed by atoms with Crippen molar-refractivity contribution in [2.45, 2.75) is 32.2 Å². The zero-order chi connectivity index (χ0) is 19.0. The number of rotatable bonds is 6. The van der Waals surface area contributed by atoms with Crippen LogP contribution in [0.2, 0.25) is 5.02 Å². The van der Waals surface area contributed by atoms with Gasteiger partial charge in [-0.3, -0.25) is 9.59 Å². The molecule has 0 bridgehead atoms. The third kappa shape index (κ3) is 3.76. The third-order valence-electron chi connectivity index (χ3n) is 4.96. The first-order valence-electron chi connectivity index (χ1n) is 9.02. The van der Waals surface area contributed by atoms with Crippen LogP contribution in [0.3, 0.4) is 0 Å². The topological polar surface area (TPSA) is 84.2 Å². The Hall–Kier alpha value is -2.60. The summed E-state index contributed by atoms with van der Waals surface area (Å²) in [6.07, 6.45) is 4.34. The van der Waals surface area contributed by atoms with Crippen LogP contribution in [0.5, 0.6) is 0 Å². The molecule has 0 radical (unpaired) electrons. The zero-order valence-electron chi connectivity index (χ0n) is 14.9. The predicted molar refractivity (Wildman–Crippen MR) is 101 cm³/mol. The van der Waals surface area contributed by atoms with Crippen LogP contribution in [0.25, 0.3) is 11.3 Å². The maximum absolute atomic E-state index is 13.1. The number of carbonyl (C=O) groups is 2. The first-order valence-corrected chi connectivity index (χ1v) is 9.40. The first-order chi connectivity index (χ1) is 13.0. The number of carbonyl (C=O) groups excluding carboxylic acids is 2. The lowest BCUT2D eigenvalue weighted by molar-refractivity contribution is -0.122. The third-order valence-corrected chi connectivity index (χ3v) is 5.21. The van der Waals surface area contributed by atoms with Gasteiger partial charge in [-0.15, -0.1) is 0 Å². The highest BCUT2D eigenvalue weighted by Gasteiger charge is 2.32. The molecule has 1 saturated carbocycles. The van der Waals surface area contributed by atoms with E-state index in [1.54, 1.807) is 37.4 Å². The van der Waals surface area contributed by atoms with Crippen LogP contribution < -0.4 is 10.6 Å². The summed E-state index contributed by atoms with van der Waals surface area (Å²) in [6, 6.07) is 6.66. The number of halogens is 1. The molecule has 2 aliphatic rings. The molecule has 1 amide bonds. The van der Waals surface area contributed by atoms with E-state index in [2.05, 4.69) is 15.8 Å². The maximum atomic E-state index is 13.1. The summed E-state index contributed by atoms with van der Waals surface area (Å²) in [5.74, 6) is 0.822. The van der Waals surface area contributed by atoms with Crippen molar-refractivity contribution < 1.29 is 14.1 Å². The van der Waals surface area contributed by atoms with Crippen LogP contribution in [-0.4, -0.2) is 29.4 Å². The van der Waals surface area contributed by atoms with Gasteiger partial charge in [0.05, 0.1) is 5.56 Å². The number of hydrogen-bond acceptors (Lipinski definition) is 5. The van der Waals surface area contributed by atoms with Crippen LogP contribution in [-0.2, 0) is 4.79 Å². The lowest BCUT2D eigenvalue weighted by atomic mass is 9.96. The second-order valence-electron chi connectivity index (χ2n) is 7.08. The SMILES string of the molecule is Cc1onc(-c2ccc(Cl)cc2)c1C(=O)C1=CNC(C(=O)NCC2CC2)C1. The van der Waals surface area contributed by atoms with Gasteiger partial charge in [0.2, 0.25) is 5.91 Å². The molecule has 6 nitrogen and oxygen atoms in total. The molecular weight excluding hydrogens is 366 g/mol. The van der Waals surface area contributed by atoms with E-state index in [1.807, 2.05) is 0 Å². The van der Waals surface area contributed by atoms with Crippen LogP contribution in [0.4, 0.5) is 0 Å². The molecule has 1 unspecified atom stereocenters. The standard InChI is InChI=1S/C20H20ClN3O3/c1-11-17(18(24-27-11)13-4-6-15(21)7-5-13)19(25)14-8-16(22-10-14)20(26)23-9-12-2-3-12/h4-7,10,12,16,22H,2-3,8-9H2,1H3,(H,23,26). The molecule has 4 rings (SSSR count). The van der Waals surface area contributed by atoms with E-state index in [0.29, 0.717) is 46.5 Å². The van der Waals surface area contributed by atoms with E-state index in [1.165, 1.54) is 12.8 Å². The molecule has 1 aromatic carbocycles. The second-order valence-corrected chi connectivity index (χ2v) is 7.52. The van der Waals surface area contributed by atoms with Gasteiger partial charge in [-0.1, -0.05) is 28.9 Å². The van der Waals surface area contributed by atoms with Crippen molar-refractivity contribution >= 4 is 23.3 Å². The Kier molecular flexibility index (Phi) is 4.74. The molecule has 2 aromatic rings. The summed E-state index contributed by atoms with van der Waals surface area (Å²) < 4.78 is 5.28. The van der Waals surface area contributed by atoms with Crippen LogP contribution in [0.1, 0.15) is 35.4 Å². The van der Waals surface area contributed by atoms with E-state index in [-0.39, 0.29) is 11.7 Å². The fourth-order valence-corrected chi connectivity index (χ4v) is 3.29. The monoisotopic (exact) mass is 385 g/mol. The minimum Gasteiger partial charge on any atom is -0.379 e. The van der Waals surface area contributed by atoms with E-state index >= 15 is 0 Å². The first kappa shape index (κ1) is 17.8. The quantitative estimate of drug-likeness (QED) is 0.745. The number of benzene rings is 1. The minimum atomic E-state index is -0.415. The average Bonchev–Trinajstić information content (AvgIpc) is 3.21. The molecule has 1 aromatic heterocycles. The van der Waals surface area contributed by atoms with Gasteiger partial charge >= 0.3 is 0 Å². The van der Waals surface area contributed by atoms with Crippen LogP contribution in [0.15, 0.2) is 40.6 Å². The van der Waals surface area contributed by atoms with Crippen molar-refractivity contribution in [2.24, 2.45) is 5.92 Å². The van der Waals surface area contributed by atoms with Gasteiger partial charge in [0.15, 0.2) is 5.78 Å². The molecule has 1 aliphatic carbocycles. The van der Waals surface area contributed by atoms with Gasteiger partial charge < -0.3 is 15.2 Å². The van der Waals surface area contributed by atoms with Crippen molar-refractivity contribution in [3.8, 4) is 11.3 Å². The summed E-state index contributed by atoms with van der Waals surface area (Å²) in [7, 11) is 0. The van der Waals surface area contributed by atoms with Gasteiger partial charge in [-0.25, -0.2) is 0 Å². The van der Waals surface area contributed by atoms with Crippen LogP contribution in [0, 0.1) is 12.8 Å². The fourth-order valence-electron chi connectivity index (χ4n) is 3.16. The van der Waals surface area contributed by atoms with Crippen molar-refractivity contribution in [2.75, 3.05) is 6.54 Å². The van der Waals surface area contributed by atoms with E-state index in [9.17, 15) is 9.59 Å². The lowest BCUT2D eigenvalue weighted by Gasteiger charge is -2.11. The molecule has 2 N–H and O–H groups in total. The molecule has 1 atom stereocenters. The predicted octanol–water partition coefficient (Wildman–Crippen LogP) is 3.26. The van der Waals surface area contributed by atoms with E-state index in [0.717, 1.165) is 5.56 Å². The molecule has 1 aliphatic heterocycles. The Labute approximate surface area is 161 Å².